The predicted molar refractivity (Wildman–Crippen MR) is 94.8 cm³/mol. The van der Waals surface area contributed by atoms with Crippen molar-refractivity contribution in [1.29, 1.82) is 0 Å². The summed E-state index contributed by atoms with van der Waals surface area (Å²) in [4.78, 5) is 25.8. The van der Waals surface area contributed by atoms with Gasteiger partial charge in [-0.1, -0.05) is 24.6 Å². The van der Waals surface area contributed by atoms with Gasteiger partial charge >= 0.3 is 0 Å². The Morgan fingerprint density at radius 3 is 2.52 bits per heavy atom. The van der Waals surface area contributed by atoms with Gasteiger partial charge in [-0.15, -0.1) is 0 Å². The van der Waals surface area contributed by atoms with Crippen molar-refractivity contribution < 1.29 is 14.3 Å². The molecule has 6 heteroatoms. The lowest BCUT2D eigenvalue weighted by Gasteiger charge is -2.16. The van der Waals surface area contributed by atoms with Crippen molar-refractivity contribution in [3.8, 4) is 5.75 Å². The molecular formula is C17H20ClNO3S. The van der Waals surface area contributed by atoms with Gasteiger partial charge in [0.15, 0.2) is 0 Å². The lowest BCUT2D eigenvalue weighted by atomic mass is 10.2. The largest absolute Gasteiger partial charge is 0.489 e. The average molecular weight is 354 g/mol. The molecule has 0 N–H and O–H groups in total. The Bertz CT molecular complexity index is 657. The number of hydrogen-bond acceptors (Lipinski definition) is 4. The van der Waals surface area contributed by atoms with Crippen molar-refractivity contribution in [1.82, 2.24) is 4.90 Å². The topological polar surface area (TPSA) is 46.6 Å². The Balaban J connectivity index is 2.22. The Hall–Kier alpha value is -1.46. The van der Waals surface area contributed by atoms with Crippen LogP contribution in [-0.2, 0) is 4.79 Å². The van der Waals surface area contributed by atoms with E-state index in [0.717, 1.165) is 23.7 Å². The molecule has 1 aliphatic rings. The van der Waals surface area contributed by atoms with Crippen LogP contribution in [-0.4, -0.2) is 28.2 Å². The Morgan fingerprint density at radius 2 is 2.00 bits per heavy atom. The average Bonchev–Trinajstić information content (AvgIpc) is 2.76. The number of rotatable bonds is 5. The lowest BCUT2D eigenvalue weighted by Crippen LogP contribution is -2.34. The van der Waals surface area contributed by atoms with Gasteiger partial charge in [-0.2, -0.15) is 0 Å². The van der Waals surface area contributed by atoms with E-state index in [1.807, 2.05) is 33.8 Å². The van der Waals surface area contributed by atoms with Crippen molar-refractivity contribution in [3.05, 3.63) is 33.7 Å². The second-order valence-corrected chi connectivity index (χ2v) is 7.07. The van der Waals surface area contributed by atoms with Crippen molar-refractivity contribution >= 4 is 40.6 Å². The number of benzene rings is 1. The number of amides is 2. The highest BCUT2D eigenvalue weighted by molar-refractivity contribution is 8.18. The third-order valence-corrected chi connectivity index (χ3v) is 4.68. The molecule has 0 unspecified atom stereocenters. The molecule has 2 amide bonds. The second-order valence-electron chi connectivity index (χ2n) is 5.67. The van der Waals surface area contributed by atoms with Crippen LogP contribution in [0.4, 0.5) is 4.79 Å². The second kappa shape index (κ2) is 7.41. The Labute approximate surface area is 145 Å². The van der Waals surface area contributed by atoms with Crippen LogP contribution in [0.25, 0.3) is 6.08 Å². The minimum atomic E-state index is -0.258. The molecule has 1 saturated heterocycles. The summed E-state index contributed by atoms with van der Waals surface area (Å²) in [5, 5.41) is 0.251. The van der Waals surface area contributed by atoms with Gasteiger partial charge in [0, 0.05) is 6.04 Å². The summed E-state index contributed by atoms with van der Waals surface area (Å²) in [5.74, 6) is 0.361. The molecule has 1 aliphatic heterocycles. The highest BCUT2D eigenvalue weighted by Crippen LogP contribution is 2.34. The number of nitrogens with zero attached hydrogens (tertiary/aromatic N) is 1. The van der Waals surface area contributed by atoms with Gasteiger partial charge in [0.2, 0.25) is 0 Å². The molecule has 0 aliphatic carbocycles. The first-order chi connectivity index (χ1) is 10.8. The van der Waals surface area contributed by atoms with E-state index in [2.05, 4.69) is 0 Å². The number of thioether (sulfide) groups is 1. The third kappa shape index (κ3) is 4.09. The van der Waals surface area contributed by atoms with E-state index in [1.165, 1.54) is 4.90 Å². The Morgan fingerprint density at radius 1 is 1.30 bits per heavy atom. The highest BCUT2D eigenvalue weighted by Gasteiger charge is 2.36. The summed E-state index contributed by atoms with van der Waals surface area (Å²) in [6.45, 7) is 7.65. The normalized spacial score (nSPS) is 18.2. The first-order valence-corrected chi connectivity index (χ1v) is 8.76. The first kappa shape index (κ1) is 17.9. The maximum absolute atomic E-state index is 12.3. The maximum atomic E-state index is 12.3. The quantitative estimate of drug-likeness (QED) is 0.702. The summed E-state index contributed by atoms with van der Waals surface area (Å²) in [6, 6.07) is 5.20. The molecule has 1 fully saturated rings. The molecule has 0 radical (unpaired) electrons. The van der Waals surface area contributed by atoms with Crippen molar-refractivity contribution in [2.24, 2.45) is 0 Å². The van der Waals surface area contributed by atoms with Crippen LogP contribution in [0.3, 0.4) is 0 Å². The van der Waals surface area contributed by atoms with Crippen molar-refractivity contribution in [2.75, 3.05) is 0 Å². The molecule has 1 atom stereocenters. The van der Waals surface area contributed by atoms with Gasteiger partial charge in [0.1, 0.15) is 5.75 Å². The summed E-state index contributed by atoms with van der Waals surface area (Å²) < 4.78 is 5.72. The summed E-state index contributed by atoms with van der Waals surface area (Å²) in [7, 11) is 0. The molecule has 23 heavy (non-hydrogen) atoms. The van der Waals surface area contributed by atoms with E-state index in [-0.39, 0.29) is 23.3 Å². The number of carbonyl (C=O) groups is 2. The van der Waals surface area contributed by atoms with E-state index in [9.17, 15) is 9.59 Å². The fourth-order valence-corrected chi connectivity index (χ4v) is 3.27. The first-order valence-electron chi connectivity index (χ1n) is 7.56. The van der Waals surface area contributed by atoms with Crippen LogP contribution in [0.1, 0.15) is 39.7 Å². The van der Waals surface area contributed by atoms with Gasteiger partial charge in [0.25, 0.3) is 11.1 Å². The molecule has 2 rings (SSSR count). The van der Waals surface area contributed by atoms with Crippen LogP contribution in [0, 0.1) is 0 Å². The van der Waals surface area contributed by atoms with Gasteiger partial charge in [-0.05, 0) is 62.7 Å². The van der Waals surface area contributed by atoms with Gasteiger partial charge in [-0.3, -0.25) is 14.5 Å². The molecule has 1 aromatic rings. The van der Waals surface area contributed by atoms with Crippen LogP contribution in [0.2, 0.25) is 5.02 Å². The smallest absolute Gasteiger partial charge is 0.293 e. The maximum Gasteiger partial charge on any atom is 0.293 e. The van der Waals surface area contributed by atoms with Crippen LogP contribution >= 0.6 is 23.4 Å². The number of ether oxygens (including phenoxy) is 1. The molecule has 0 aromatic heterocycles. The monoisotopic (exact) mass is 353 g/mol. The zero-order valence-corrected chi connectivity index (χ0v) is 15.2. The molecule has 124 valence electrons. The van der Waals surface area contributed by atoms with E-state index >= 15 is 0 Å². The lowest BCUT2D eigenvalue weighted by molar-refractivity contribution is -0.123. The SMILES string of the molecule is CC[C@H](C)Oc1ccc(/C=C2\SC(=O)N(C(C)C)C2=O)cc1Cl. The third-order valence-electron chi connectivity index (χ3n) is 3.50. The molecule has 1 aromatic carbocycles. The van der Waals surface area contributed by atoms with Gasteiger partial charge in [-0.25, -0.2) is 0 Å². The van der Waals surface area contributed by atoms with Crippen LogP contribution in [0.5, 0.6) is 5.75 Å². The van der Waals surface area contributed by atoms with Crippen molar-refractivity contribution in [2.45, 2.75) is 46.3 Å². The Kier molecular flexibility index (Phi) is 5.76. The molecule has 1 heterocycles. The zero-order valence-electron chi connectivity index (χ0n) is 13.6. The van der Waals surface area contributed by atoms with E-state index in [1.54, 1.807) is 18.2 Å². The van der Waals surface area contributed by atoms with Gasteiger partial charge in [0.05, 0.1) is 16.0 Å². The van der Waals surface area contributed by atoms with Crippen LogP contribution in [0.15, 0.2) is 23.1 Å². The predicted octanol–water partition coefficient (Wildman–Crippen LogP) is 4.96. The minimum Gasteiger partial charge on any atom is -0.489 e. The number of hydrogen-bond donors (Lipinski definition) is 0. The molecular weight excluding hydrogens is 334 g/mol. The van der Waals surface area contributed by atoms with Gasteiger partial charge < -0.3 is 4.74 Å². The van der Waals surface area contributed by atoms with E-state index in [4.69, 9.17) is 16.3 Å². The molecule has 4 nitrogen and oxygen atoms in total. The van der Waals surface area contributed by atoms with Crippen molar-refractivity contribution in [3.63, 3.8) is 0 Å². The number of carbonyl (C=O) groups excluding carboxylic acids is 2. The molecule has 0 bridgehead atoms. The molecule has 0 saturated carbocycles. The number of halogens is 1. The molecule has 0 spiro atoms. The summed E-state index contributed by atoms with van der Waals surface area (Å²) >= 11 is 7.19. The minimum absolute atomic E-state index is 0.0842. The fraction of sp³-hybridized carbons (Fsp3) is 0.412. The standard InChI is InChI=1S/C17H20ClNO3S/c1-5-11(4)22-14-7-6-12(8-13(14)18)9-15-16(20)19(10(2)3)17(21)23-15/h6-11H,5H2,1-4H3/b15-9-/t11-/m0/s1. The highest BCUT2D eigenvalue weighted by atomic mass is 35.5. The zero-order chi connectivity index (χ0) is 17.1. The van der Waals surface area contributed by atoms with E-state index < -0.39 is 0 Å². The van der Waals surface area contributed by atoms with Crippen LogP contribution < -0.4 is 4.74 Å². The fourth-order valence-electron chi connectivity index (χ4n) is 2.08. The van der Waals surface area contributed by atoms with E-state index in [0.29, 0.717) is 15.7 Å². The number of imide groups is 1. The summed E-state index contributed by atoms with van der Waals surface area (Å²) in [6.07, 6.45) is 2.66. The summed E-state index contributed by atoms with van der Waals surface area (Å²) in [5.41, 5.74) is 0.765.